The van der Waals surface area contributed by atoms with Gasteiger partial charge in [0.1, 0.15) is 0 Å². The third-order valence-electron chi connectivity index (χ3n) is 5.15. The molecule has 1 spiro atoms. The van der Waals surface area contributed by atoms with Crippen LogP contribution in [0.2, 0.25) is 0 Å². The molecule has 22 heavy (non-hydrogen) atoms. The smallest absolute Gasteiger partial charge is 0.293 e. The molecule has 0 unspecified atom stereocenters. The first kappa shape index (κ1) is 14.2. The van der Waals surface area contributed by atoms with Crippen LogP contribution >= 0.6 is 0 Å². The van der Waals surface area contributed by atoms with Gasteiger partial charge in [0.25, 0.3) is 5.56 Å². The number of ether oxygens (including phenoxy) is 1. The number of anilines is 1. The predicted octanol–water partition coefficient (Wildman–Crippen LogP) is 2.51. The molecule has 2 saturated carbocycles. The van der Waals surface area contributed by atoms with Crippen LogP contribution in [0.3, 0.4) is 0 Å². The van der Waals surface area contributed by atoms with E-state index in [-0.39, 0.29) is 16.8 Å². The number of aromatic nitrogens is 2. The summed E-state index contributed by atoms with van der Waals surface area (Å²) in [5.74, 6) is 0.608. The van der Waals surface area contributed by atoms with Crippen LogP contribution in [0.15, 0.2) is 17.2 Å². The molecular weight excluding hydrogens is 278 g/mol. The van der Waals surface area contributed by atoms with Gasteiger partial charge in [0.2, 0.25) is 0 Å². The molecule has 5 heteroatoms. The van der Waals surface area contributed by atoms with Crippen molar-refractivity contribution >= 4 is 5.82 Å². The minimum absolute atomic E-state index is 0.0656. The summed E-state index contributed by atoms with van der Waals surface area (Å²) in [5, 5.41) is 0. The van der Waals surface area contributed by atoms with Crippen LogP contribution in [0.1, 0.15) is 58.4 Å². The molecule has 4 rings (SSSR count). The summed E-state index contributed by atoms with van der Waals surface area (Å²) in [6.07, 6.45) is 10.5. The summed E-state index contributed by atoms with van der Waals surface area (Å²) < 4.78 is 8.29. The third-order valence-corrected chi connectivity index (χ3v) is 5.15. The summed E-state index contributed by atoms with van der Waals surface area (Å²) in [4.78, 5) is 19.4. The van der Waals surface area contributed by atoms with E-state index in [0.717, 1.165) is 38.8 Å². The summed E-state index contributed by atoms with van der Waals surface area (Å²) in [7, 11) is 0. The molecule has 1 aliphatic heterocycles. The maximum atomic E-state index is 12.8. The second kappa shape index (κ2) is 4.82. The lowest BCUT2D eigenvalue weighted by Crippen LogP contribution is -2.60. The lowest BCUT2D eigenvalue weighted by Gasteiger charge is -2.49. The van der Waals surface area contributed by atoms with E-state index >= 15 is 0 Å². The third kappa shape index (κ3) is 2.45. The van der Waals surface area contributed by atoms with E-state index in [4.69, 9.17) is 4.74 Å². The normalized spacial score (nSPS) is 26.5. The van der Waals surface area contributed by atoms with Crippen LogP contribution in [0.5, 0.6) is 0 Å². The highest BCUT2D eigenvalue weighted by atomic mass is 16.5. The minimum atomic E-state index is -0.239. The summed E-state index contributed by atoms with van der Waals surface area (Å²) >= 11 is 0. The molecule has 2 aliphatic carbocycles. The zero-order chi connectivity index (χ0) is 15.4. The van der Waals surface area contributed by atoms with Crippen molar-refractivity contribution in [3.05, 3.63) is 22.7 Å². The van der Waals surface area contributed by atoms with Gasteiger partial charge < -0.3 is 14.2 Å². The fraction of sp³-hybridized carbons (Fsp3) is 0.765. The lowest BCUT2D eigenvalue weighted by atomic mass is 9.94. The van der Waals surface area contributed by atoms with Crippen molar-refractivity contribution in [3.8, 4) is 0 Å². The second-order valence-electron chi connectivity index (χ2n) is 7.80. The van der Waals surface area contributed by atoms with Crippen LogP contribution in [0, 0.1) is 0 Å². The monoisotopic (exact) mass is 303 g/mol. The van der Waals surface area contributed by atoms with E-state index in [1.807, 2.05) is 10.8 Å². The number of hydrogen-bond acceptors (Lipinski definition) is 4. The van der Waals surface area contributed by atoms with Crippen LogP contribution in [0.25, 0.3) is 0 Å². The Morgan fingerprint density at radius 3 is 2.64 bits per heavy atom. The van der Waals surface area contributed by atoms with E-state index in [2.05, 4.69) is 23.7 Å². The van der Waals surface area contributed by atoms with Gasteiger partial charge in [-0.1, -0.05) is 12.8 Å². The molecule has 0 N–H and O–H groups in total. The van der Waals surface area contributed by atoms with Gasteiger partial charge in [-0.2, -0.15) is 0 Å². The number of hydrogen-bond donors (Lipinski definition) is 0. The number of nitrogens with zero attached hydrogens (tertiary/aromatic N) is 3. The van der Waals surface area contributed by atoms with Gasteiger partial charge in [0.05, 0.1) is 11.2 Å². The fourth-order valence-corrected chi connectivity index (χ4v) is 4.21. The van der Waals surface area contributed by atoms with Crippen molar-refractivity contribution in [2.45, 2.75) is 69.6 Å². The highest BCUT2D eigenvalue weighted by Crippen LogP contribution is 2.41. The highest BCUT2D eigenvalue weighted by Gasteiger charge is 2.46. The van der Waals surface area contributed by atoms with Crippen molar-refractivity contribution in [2.75, 3.05) is 18.0 Å². The average molecular weight is 303 g/mol. The molecule has 1 saturated heterocycles. The van der Waals surface area contributed by atoms with E-state index in [1.54, 1.807) is 6.20 Å². The largest absolute Gasteiger partial charge is 0.365 e. The lowest BCUT2D eigenvalue weighted by molar-refractivity contribution is -0.148. The van der Waals surface area contributed by atoms with Gasteiger partial charge in [-0.05, 0) is 39.5 Å². The summed E-state index contributed by atoms with van der Waals surface area (Å²) in [6, 6.07) is 0.392. The Balaban J connectivity index is 1.69. The maximum Gasteiger partial charge on any atom is 0.293 e. The Bertz CT molecular complexity index is 627. The Kier molecular flexibility index (Phi) is 3.12. The summed E-state index contributed by atoms with van der Waals surface area (Å²) in [5.41, 5.74) is -0.261. The zero-order valence-corrected chi connectivity index (χ0v) is 13.5. The molecule has 3 aliphatic rings. The van der Waals surface area contributed by atoms with Crippen molar-refractivity contribution in [2.24, 2.45) is 0 Å². The number of morpholine rings is 1. The molecule has 0 aromatic carbocycles. The second-order valence-corrected chi connectivity index (χ2v) is 7.80. The topological polar surface area (TPSA) is 47.4 Å². The molecule has 0 amide bonds. The van der Waals surface area contributed by atoms with Crippen LogP contribution in [-0.4, -0.2) is 33.8 Å². The molecule has 5 nitrogen and oxygen atoms in total. The van der Waals surface area contributed by atoms with Gasteiger partial charge in [-0.3, -0.25) is 4.79 Å². The van der Waals surface area contributed by atoms with Gasteiger partial charge in [-0.25, -0.2) is 4.98 Å². The standard InChI is InChI=1S/C17H25N3O2/c1-16(2)11-19(12-17(22-16)7-3-4-8-17)14-15(21)20(10-9-18-14)13-5-6-13/h9-10,13H,3-8,11-12H2,1-2H3. The molecule has 1 aromatic rings. The molecule has 0 atom stereocenters. The first-order valence-electron chi connectivity index (χ1n) is 8.50. The van der Waals surface area contributed by atoms with Gasteiger partial charge in [0.15, 0.2) is 5.82 Å². The average Bonchev–Trinajstić information content (AvgIpc) is 3.19. The van der Waals surface area contributed by atoms with Crippen molar-refractivity contribution in [3.63, 3.8) is 0 Å². The predicted molar refractivity (Wildman–Crippen MR) is 85.3 cm³/mol. The molecule has 1 aromatic heterocycles. The van der Waals surface area contributed by atoms with Crippen LogP contribution in [-0.2, 0) is 4.74 Å². The Morgan fingerprint density at radius 2 is 1.95 bits per heavy atom. The Morgan fingerprint density at radius 1 is 1.23 bits per heavy atom. The molecule has 3 fully saturated rings. The molecule has 2 heterocycles. The minimum Gasteiger partial charge on any atom is -0.365 e. The SMILES string of the molecule is CC1(C)CN(c2nccn(C3CC3)c2=O)CC2(CCCC2)O1. The van der Waals surface area contributed by atoms with E-state index in [0.29, 0.717) is 11.9 Å². The quantitative estimate of drug-likeness (QED) is 0.842. The van der Waals surface area contributed by atoms with Crippen molar-refractivity contribution < 1.29 is 4.74 Å². The van der Waals surface area contributed by atoms with E-state index in [1.165, 1.54) is 12.8 Å². The number of rotatable bonds is 2. The fourth-order valence-electron chi connectivity index (χ4n) is 4.21. The Hall–Kier alpha value is -1.36. The summed E-state index contributed by atoms with van der Waals surface area (Å²) in [6.45, 7) is 5.78. The molecular formula is C17H25N3O2. The first-order valence-corrected chi connectivity index (χ1v) is 8.50. The first-order chi connectivity index (χ1) is 10.5. The van der Waals surface area contributed by atoms with Crippen LogP contribution < -0.4 is 10.5 Å². The molecule has 0 radical (unpaired) electrons. The maximum absolute atomic E-state index is 12.8. The van der Waals surface area contributed by atoms with Crippen molar-refractivity contribution in [1.82, 2.24) is 9.55 Å². The molecule has 0 bridgehead atoms. The Labute approximate surface area is 131 Å². The molecule has 120 valence electrons. The van der Waals surface area contributed by atoms with Crippen LogP contribution in [0.4, 0.5) is 5.82 Å². The van der Waals surface area contributed by atoms with E-state index < -0.39 is 0 Å². The van der Waals surface area contributed by atoms with Gasteiger partial charge in [-0.15, -0.1) is 0 Å². The van der Waals surface area contributed by atoms with Gasteiger partial charge in [0, 0.05) is 31.5 Å². The zero-order valence-electron chi connectivity index (χ0n) is 13.5. The van der Waals surface area contributed by atoms with Crippen molar-refractivity contribution in [1.29, 1.82) is 0 Å². The highest BCUT2D eigenvalue weighted by molar-refractivity contribution is 5.38. The van der Waals surface area contributed by atoms with E-state index in [9.17, 15) is 4.79 Å². The van der Waals surface area contributed by atoms with Gasteiger partial charge >= 0.3 is 0 Å².